The molecule has 9 heteroatoms. The van der Waals surface area contributed by atoms with Crippen LogP contribution < -0.4 is 10.6 Å². The van der Waals surface area contributed by atoms with Gasteiger partial charge >= 0.3 is 5.92 Å². The quantitative estimate of drug-likeness (QED) is 0.310. The van der Waals surface area contributed by atoms with E-state index < -0.39 is 23.5 Å². The van der Waals surface area contributed by atoms with E-state index in [2.05, 4.69) is 20.8 Å². The van der Waals surface area contributed by atoms with E-state index in [9.17, 15) is 18.7 Å². The maximum atomic E-state index is 12.9. The molecule has 2 aromatic carbocycles. The van der Waals surface area contributed by atoms with E-state index in [1.54, 1.807) is 39.2 Å². The van der Waals surface area contributed by atoms with Gasteiger partial charge in [-0.2, -0.15) is 13.9 Å². The van der Waals surface area contributed by atoms with E-state index >= 15 is 0 Å². The summed E-state index contributed by atoms with van der Waals surface area (Å²) in [6, 6.07) is 14.6. The highest BCUT2D eigenvalue weighted by Crippen LogP contribution is 2.23. The number of nitrogens with zero attached hydrogens (tertiary/aromatic N) is 1. The summed E-state index contributed by atoms with van der Waals surface area (Å²) in [4.78, 5) is 11.3. The first-order valence-corrected chi connectivity index (χ1v) is 10.8. The number of aliphatic hydroxyl groups is 1. The fourth-order valence-corrected chi connectivity index (χ4v) is 2.94. The molecule has 7 nitrogen and oxygen atoms in total. The molecule has 0 aliphatic carbocycles. The molecule has 0 aliphatic heterocycles. The predicted octanol–water partition coefficient (Wildman–Crippen LogP) is 4.56. The lowest BCUT2D eigenvalue weighted by molar-refractivity contribution is -0.143. The highest BCUT2D eigenvalue weighted by Gasteiger charge is 2.32. The van der Waals surface area contributed by atoms with Gasteiger partial charge in [0, 0.05) is 48.7 Å². The molecule has 0 radical (unpaired) electrons. The van der Waals surface area contributed by atoms with Gasteiger partial charge in [0.05, 0.1) is 11.8 Å². The number of halogens is 2. The van der Waals surface area contributed by atoms with Crippen molar-refractivity contribution < 1.29 is 18.7 Å². The van der Waals surface area contributed by atoms with Crippen LogP contribution in [0.3, 0.4) is 0 Å². The van der Waals surface area contributed by atoms with Crippen molar-refractivity contribution in [1.82, 2.24) is 15.5 Å². The fraction of sp³-hybridized carbons (Fsp3) is 0.320. The van der Waals surface area contributed by atoms with Crippen LogP contribution in [0, 0.1) is 5.41 Å². The van der Waals surface area contributed by atoms with Gasteiger partial charge in [-0.15, -0.1) is 0 Å². The molecule has 0 fully saturated rings. The number of aromatic nitrogens is 2. The van der Waals surface area contributed by atoms with Crippen molar-refractivity contribution in [1.29, 1.82) is 5.41 Å². The molecular weight excluding hydrogens is 440 g/mol. The van der Waals surface area contributed by atoms with Crippen LogP contribution in [0.25, 0.3) is 11.1 Å². The molecule has 3 rings (SSSR count). The molecule has 0 saturated carbocycles. The van der Waals surface area contributed by atoms with Gasteiger partial charge < -0.3 is 21.1 Å². The summed E-state index contributed by atoms with van der Waals surface area (Å²) in [5.74, 6) is -4.71. The van der Waals surface area contributed by atoms with Gasteiger partial charge in [0.2, 0.25) is 0 Å². The third-order valence-electron chi connectivity index (χ3n) is 4.89. The van der Waals surface area contributed by atoms with Crippen molar-refractivity contribution in [2.45, 2.75) is 45.3 Å². The summed E-state index contributed by atoms with van der Waals surface area (Å²) in [5, 5.41) is 28.9. The monoisotopic (exact) mass is 471 g/mol. The Labute approximate surface area is 198 Å². The van der Waals surface area contributed by atoms with Gasteiger partial charge in [-0.3, -0.25) is 9.89 Å². The van der Waals surface area contributed by atoms with Gasteiger partial charge in [0.15, 0.2) is 0 Å². The molecule has 1 atom stereocenters. The molecule has 0 saturated heterocycles. The molecule has 182 valence electrons. The minimum Gasteiger partial charge on any atom is -0.386 e. The lowest BCUT2D eigenvalue weighted by atomic mass is 9.99. The van der Waals surface area contributed by atoms with E-state index in [0.717, 1.165) is 16.7 Å². The van der Waals surface area contributed by atoms with Crippen LogP contribution in [0.5, 0.6) is 0 Å². The van der Waals surface area contributed by atoms with Crippen LogP contribution >= 0.6 is 0 Å². The van der Waals surface area contributed by atoms with E-state index in [4.69, 9.17) is 5.41 Å². The molecular formula is C25H31F2N5O2. The summed E-state index contributed by atoms with van der Waals surface area (Å²) in [6.07, 6.45) is 4.63. The third kappa shape index (κ3) is 8.08. The second-order valence-corrected chi connectivity index (χ2v) is 8.50. The van der Waals surface area contributed by atoms with Crippen LogP contribution in [0.2, 0.25) is 0 Å². The molecule has 0 spiro atoms. The average Bonchev–Trinajstić information content (AvgIpc) is 3.32. The van der Waals surface area contributed by atoms with Crippen molar-refractivity contribution in [2.75, 3.05) is 11.9 Å². The van der Waals surface area contributed by atoms with Gasteiger partial charge in [-0.05, 0) is 44.0 Å². The summed E-state index contributed by atoms with van der Waals surface area (Å²) in [7, 11) is 0. The number of nitrogens with one attached hydrogen (secondary N) is 4. The van der Waals surface area contributed by atoms with Gasteiger partial charge in [-0.25, -0.2) is 0 Å². The number of H-pyrrole nitrogens is 1. The molecule has 1 heterocycles. The summed E-state index contributed by atoms with van der Waals surface area (Å²) in [5.41, 5.74) is 3.38. The number of benzene rings is 2. The lowest BCUT2D eigenvalue weighted by Gasteiger charge is -2.19. The van der Waals surface area contributed by atoms with Gasteiger partial charge in [-0.1, -0.05) is 36.4 Å². The first-order valence-electron chi connectivity index (χ1n) is 10.8. The van der Waals surface area contributed by atoms with Crippen LogP contribution in [0.1, 0.15) is 38.8 Å². The zero-order chi connectivity index (χ0) is 25.4. The largest absolute Gasteiger partial charge is 0.386 e. The summed E-state index contributed by atoms with van der Waals surface area (Å²) >= 11 is 0. The van der Waals surface area contributed by atoms with Crippen molar-refractivity contribution in [3.8, 4) is 11.1 Å². The maximum Gasteiger partial charge on any atom is 0.321 e. The highest BCUT2D eigenvalue weighted by molar-refractivity contribution is 5.88. The van der Waals surface area contributed by atoms with Gasteiger partial charge in [0.25, 0.3) is 5.91 Å². The van der Waals surface area contributed by atoms with Crippen LogP contribution in [0.4, 0.5) is 14.5 Å². The Balaban J connectivity index is 0.000000340. The van der Waals surface area contributed by atoms with Crippen LogP contribution in [-0.2, 0) is 10.4 Å². The van der Waals surface area contributed by atoms with Crippen molar-refractivity contribution in [3.05, 3.63) is 72.1 Å². The fourth-order valence-electron chi connectivity index (χ4n) is 2.94. The molecule has 1 unspecified atom stereocenters. The number of anilines is 1. The van der Waals surface area contributed by atoms with Gasteiger partial charge in [0.1, 0.15) is 0 Å². The molecule has 1 amide bonds. The van der Waals surface area contributed by atoms with E-state index in [0.29, 0.717) is 18.2 Å². The Bertz CT molecular complexity index is 1060. The molecule has 5 N–H and O–H groups in total. The predicted molar refractivity (Wildman–Crippen MR) is 130 cm³/mol. The number of carbonyl (C=O) groups is 1. The number of rotatable bonds is 8. The van der Waals surface area contributed by atoms with Crippen molar-refractivity contribution >= 4 is 17.8 Å². The molecule has 3 aromatic rings. The minimum atomic E-state index is -3.40. The molecule has 1 aromatic heterocycles. The first kappa shape index (κ1) is 26.7. The molecule has 34 heavy (non-hydrogen) atoms. The normalized spacial score (nSPS) is 12.2. The molecule has 0 aliphatic rings. The SMILES string of the molecule is CC(C)(O)c1ccccc1.CC(CNc1ccc(-c2cn[nH]c2)cc1C=N)NC(=O)C(C)(F)F. The average molecular weight is 472 g/mol. The first-order chi connectivity index (χ1) is 15.9. The summed E-state index contributed by atoms with van der Waals surface area (Å²) < 4.78 is 25.7. The minimum absolute atomic E-state index is 0.258. The number of hydrogen-bond donors (Lipinski definition) is 5. The Morgan fingerprint density at radius 2 is 1.85 bits per heavy atom. The van der Waals surface area contributed by atoms with Crippen LogP contribution in [0.15, 0.2) is 60.9 Å². The topological polar surface area (TPSA) is 114 Å². The number of hydrogen-bond acceptors (Lipinski definition) is 5. The van der Waals surface area contributed by atoms with Crippen LogP contribution in [-0.4, -0.2) is 45.9 Å². The number of alkyl halides is 2. The van der Waals surface area contributed by atoms with Crippen molar-refractivity contribution in [3.63, 3.8) is 0 Å². The molecule has 0 bridgehead atoms. The second kappa shape index (κ2) is 11.5. The number of carbonyl (C=O) groups excluding carboxylic acids is 1. The number of aromatic amines is 1. The van der Waals surface area contributed by atoms with Crippen molar-refractivity contribution in [2.24, 2.45) is 0 Å². The maximum absolute atomic E-state index is 12.9. The second-order valence-electron chi connectivity index (χ2n) is 8.50. The summed E-state index contributed by atoms with van der Waals surface area (Å²) in [6.45, 7) is 6.00. The lowest BCUT2D eigenvalue weighted by Crippen LogP contribution is -2.45. The highest BCUT2D eigenvalue weighted by atomic mass is 19.3. The Hall–Kier alpha value is -3.59. The van der Waals surface area contributed by atoms with E-state index in [1.807, 2.05) is 42.5 Å². The zero-order valence-corrected chi connectivity index (χ0v) is 19.7. The standard InChI is InChI=1S/C16H19F2N5O.C9H12O/c1-10(23-15(24)16(2,17)18)7-20-14-4-3-11(5-12(14)6-19)13-8-21-22-9-13;1-9(2,10)8-6-4-3-5-7-8/h3-6,8-10,19-20H,7H2,1-2H3,(H,21,22)(H,23,24);3-7,10H,1-2H3. The van der Waals surface area contributed by atoms with E-state index in [1.165, 1.54) is 6.21 Å². The zero-order valence-electron chi connectivity index (χ0n) is 19.7. The number of amides is 1. The third-order valence-corrected chi connectivity index (χ3v) is 4.89. The van der Waals surface area contributed by atoms with E-state index in [-0.39, 0.29) is 6.54 Å². The Kier molecular flexibility index (Phi) is 9.03. The smallest absolute Gasteiger partial charge is 0.321 e. The Morgan fingerprint density at radius 1 is 1.18 bits per heavy atom. The Morgan fingerprint density at radius 3 is 2.35 bits per heavy atom.